The summed E-state index contributed by atoms with van der Waals surface area (Å²) in [6, 6.07) is 5.00. The van der Waals surface area contributed by atoms with Gasteiger partial charge in [-0.05, 0) is 32.4 Å². The van der Waals surface area contributed by atoms with Crippen molar-refractivity contribution in [3.05, 3.63) is 36.4 Å². The van der Waals surface area contributed by atoms with Crippen LogP contribution in [-0.4, -0.2) is 51.5 Å². The Bertz CT molecular complexity index is 594. The number of aromatic nitrogens is 2. The van der Waals surface area contributed by atoms with Crippen LogP contribution in [-0.2, 0) is 6.54 Å². The average Bonchev–Trinajstić information content (AvgIpc) is 3.09. The van der Waals surface area contributed by atoms with Crippen molar-refractivity contribution in [3.8, 4) is 11.6 Å². The highest BCUT2D eigenvalue weighted by molar-refractivity contribution is 5.45. The number of hydrogen-bond donors (Lipinski definition) is 0. The van der Waals surface area contributed by atoms with Gasteiger partial charge in [0.2, 0.25) is 0 Å². The Kier molecular flexibility index (Phi) is 5.08. The Morgan fingerprint density at radius 2 is 2.04 bits per heavy atom. The molecule has 2 aromatic heterocycles. The van der Waals surface area contributed by atoms with Crippen LogP contribution >= 0.6 is 0 Å². The maximum Gasteiger partial charge on any atom is 0.195 e. The van der Waals surface area contributed by atoms with Crippen molar-refractivity contribution in [1.29, 1.82) is 0 Å². The van der Waals surface area contributed by atoms with E-state index in [1.54, 1.807) is 6.26 Å². The standard InChI is InChI=1S/C18H26N4O/c1-4-16-13-21(7-8-22(16)14(2)3)12-15-10-19-18(20-11-15)17-6-5-9-23-17/h5-6,9-11,14,16H,4,7-8,12-13H2,1-3H3/t16-/m0/s1. The van der Waals surface area contributed by atoms with Crippen LogP contribution in [0.15, 0.2) is 35.2 Å². The van der Waals surface area contributed by atoms with E-state index in [0.29, 0.717) is 23.7 Å². The van der Waals surface area contributed by atoms with Gasteiger partial charge in [0.25, 0.3) is 0 Å². The van der Waals surface area contributed by atoms with Gasteiger partial charge in [0, 0.05) is 56.2 Å². The Balaban J connectivity index is 1.61. The van der Waals surface area contributed by atoms with Crippen LogP contribution in [0.5, 0.6) is 0 Å². The van der Waals surface area contributed by atoms with E-state index in [1.165, 1.54) is 6.42 Å². The third-order valence-corrected chi connectivity index (χ3v) is 4.60. The minimum Gasteiger partial charge on any atom is -0.461 e. The number of hydrogen-bond acceptors (Lipinski definition) is 5. The molecule has 0 saturated carbocycles. The normalized spacial score (nSPS) is 20.3. The lowest BCUT2D eigenvalue weighted by molar-refractivity contribution is 0.0456. The first kappa shape index (κ1) is 16.1. The van der Waals surface area contributed by atoms with Crippen molar-refractivity contribution in [2.75, 3.05) is 19.6 Å². The Labute approximate surface area is 138 Å². The third-order valence-electron chi connectivity index (χ3n) is 4.60. The molecule has 0 spiro atoms. The van der Waals surface area contributed by atoms with E-state index in [4.69, 9.17) is 4.42 Å². The molecule has 0 N–H and O–H groups in total. The fraction of sp³-hybridized carbons (Fsp3) is 0.556. The predicted molar refractivity (Wildman–Crippen MR) is 90.9 cm³/mol. The maximum atomic E-state index is 5.33. The molecule has 0 amide bonds. The molecule has 0 aromatic carbocycles. The third kappa shape index (κ3) is 3.79. The highest BCUT2D eigenvalue weighted by Crippen LogP contribution is 2.18. The molecule has 0 radical (unpaired) electrons. The molecule has 1 aliphatic rings. The first-order chi connectivity index (χ1) is 11.2. The minimum atomic E-state index is 0.623. The summed E-state index contributed by atoms with van der Waals surface area (Å²) in [6.45, 7) is 11.1. The summed E-state index contributed by atoms with van der Waals surface area (Å²) in [5.41, 5.74) is 1.16. The molecule has 23 heavy (non-hydrogen) atoms. The first-order valence-electron chi connectivity index (χ1n) is 8.50. The van der Waals surface area contributed by atoms with Gasteiger partial charge in [0.05, 0.1) is 6.26 Å². The molecule has 1 saturated heterocycles. The van der Waals surface area contributed by atoms with Gasteiger partial charge >= 0.3 is 0 Å². The number of nitrogens with zero attached hydrogens (tertiary/aromatic N) is 4. The van der Waals surface area contributed by atoms with Crippen LogP contribution in [0.1, 0.15) is 32.8 Å². The van der Waals surface area contributed by atoms with Crippen LogP contribution in [0.3, 0.4) is 0 Å². The Hall–Kier alpha value is -1.72. The summed E-state index contributed by atoms with van der Waals surface area (Å²) in [4.78, 5) is 14.0. The predicted octanol–water partition coefficient (Wildman–Crippen LogP) is 3.04. The molecule has 5 heteroatoms. The quantitative estimate of drug-likeness (QED) is 0.849. The van der Waals surface area contributed by atoms with Crippen LogP contribution in [0.4, 0.5) is 0 Å². The second kappa shape index (κ2) is 7.23. The van der Waals surface area contributed by atoms with Crippen molar-refractivity contribution in [3.63, 3.8) is 0 Å². The first-order valence-corrected chi connectivity index (χ1v) is 8.50. The molecule has 0 bridgehead atoms. The van der Waals surface area contributed by atoms with E-state index < -0.39 is 0 Å². The fourth-order valence-electron chi connectivity index (χ4n) is 3.35. The van der Waals surface area contributed by atoms with E-state index in [2.05, 4.69) is 40.5 Å². The molecule has 3 rings (SSSR count). The van der Waals surface area contributed by atoms with Crippen molar-refractivity contribution in [1.82, 2.24) is 19.8 Å². The summed E-state index contributed by atoms with van der Waals surface area (Å²) < 4.78 is 5.33. The van der Waals surface area contributed by atoms with Crippen LogP contribution in [0.25, 0.3) is 11.6 Å². The molecule has 1 aliphatic heterocycles. The molecule has 0 aliphatic carbocycles. The van der Waals surface area contributed by atoms with Gasteiger partial charge < -0.3 is 4.42 Å². The largest absolute Gasteiger partial charge is 0.461 e. The van der Waals surface area contributed by atoms with Crippen LogP contribution < -0.4 is 0 Å². The summed E-state index contributed by atoms with van der Waals surface area (Å²) in [5.74, 6) is 1.36. The van der Waals surface area contributed by atoms with Gasteiger partial charge in [-0.25, -0.2) is 9.97 Å². The van der Waals surface area contributed by atoms with Crippen molar-refractivity contribution in [2.45, 2.75) is 45.8 Å². The number of rotatable bonds is 5. The van der Waals surface area contributed by atoms with Gasteiger partial charge in [0.15, 0.2) is 11.6 Å². The van der Waals surface area contributed by atoms with E-state index in [0.717, 1.165) is 31.7 Å². The summed E-state index contributed by atoms with van der Waals surface area (Å²) >= 11 is 0. The van der Waals surface area contributed by atoms with E-state index in [-0.39, 0.29) is 0 Å². The van der Waals surface area contributed by atoms with Gasteiger partial charge in [0.1, 0.15) is 0 Å². The molecule has 3 heterocycles. The lowest BCUT2D eigenvalue weighted by atomic mass is 10.1. The van der Waals surface area contributed by atoms with Gasteiger partial charge in [-0.1, -0.05) is 6.92 Å². The molecular formula is C18H26N4O. The fourth-order valence-corrected chi connectivity index (χ4v) is 3.35. The van der Waals surface area contributed by atoms with E-state index in [1.807, 2.05) is 24.5 Å². The zero-order valence-electron chi connectivity index (χ0n) is 14.3. The molecule has 5 nitrogen and oxygen atoms in total. The molecule has 0 unspecified atom stereocenters. The summed E-state index contributed by atoms with van der Waals surface area (Å²) in [7, 11) is 0. The zero-order chi connectivity index (χ0) is 16.2. The average molecular weight is 314 g/mol. The number of piperazine rings is 1. The second-order valence-electron chi connectivity index (χ2n) is 6.52. The minimum absolute atomic E-state index is 0.623. The smallest absolute Gasteiger partial charge is 0.195 e. The topological polar surface area (TPSA) is 45.4 Å². The maximum absolute atomic E-state index is 5.33. The summed E-state index contributed by atoms with van der Waals surface area (Å²) in [5, 5.41) is 0. The second-order valence-corrected chi connectivity index (χ2v) is 6.52. The Morgan fingerprint density at radius 1 is 1.26 bits per heavy atom. The van der Waals surface area contributed by atoms with E-state index in [9.17, 15) is 0 Å². The molecule has 124 valence electrons. The SMILES string of the molecule is CC[C@H]1CN(Cc2cnc(-c3ccco3)nc2)CCN1C(C)C. The highest BCUT2D eigenvalue weighted by Gasteiger charge is 2.27. The van der Waals surface area contributed by atoms with Crippen molar-refractivity contribution < 1.29 is 4.42 Å². The van der Waals surface area contributed by atoms with Crippen LogP contribution in [0, 0.1) is 0 Å². The number of furan rings is 1. The molecule has 2 aromatic rings. The zero-order valence-corrected chi connectivity index (χ0v) is 14.3. The molecular weight excluding hydrogens is 288 g/mol. The molecule has 1 fully saturated rings. The summed E-state index contributed by atoms with van der Waals surface area (Å²) in [6.07, 6.45) is 6.68. The van der Waals surface area contributed by atoms with Crippen molar-refractivity contribution >= 4 is 0 Å². The lowest BCUT2D eigenvalue weighted by Crippen LogP contribution is -2.54. The van der Waals surface area contributed by atoms with Gasteiger partial charge in [-0.2, -0.15) is 0 Å². The Morgan fingerprint density at radius 3 is 2.65 bits per heavy atom. The molecule has 1 atom stereocenters. The van der Waals surface area contributed by atoms with Gasteiger partial charge in [-0.3, -0.25) is 9.80 Å². The van der Waals surface area contributed by atoms with Crippen LogP contribution in [0.2, 0.25) is 0 Å². The monoisotopic (exact) mass is 314 g/mol. The van der Waals surface area contributed by atoms with E-state index >= 15 is 0 Å². The van der Waals surface area contributed by atoms with Crippen molar-refractivity contribution in [2.24, 2.45) is 0 Å². The lowest BCUT2D eigenvalue weighted by Gasteiger charge is -2.43. The van der Waals surface area contributed by atoms with Gasteiger partial charge in [-0.15, -0.1) is 0 Å². The highest BCUT2D eigenvalue weighted by atomic mass is 16.3.